The maximum atomic E-state index is 10.3. The Balaban J connectivity index is 2.54. The minimum atomic E-state index is -0.880. The summed E-state index contributed by atoms with van der Waals surface area (Å²) < 4.78 is 5.13. The molecule has 13 heavy (non-hydrogen) atoms. The SMILES string of the molecule is CC(C)CC1(/C=C/C(=O)O)COC1. The molecular formula is C10H16O3. The predicted molar refractivity (Wildman–Crippen MR) is 49.5 cm³/mol. The third-order valence-corrected chi connectivity index (χ3v) is 2.17. The molecular weight excluding hydrogens is 168 g/mol. The summed E-state index contributed by atoms with van der Waals surface area (Å²) in [6.45, 7) is 5.59. The summed E-state index contributed by atoms with van der Waals surface area (Å²) in [6.07, 6.45) is 4.00. The van der Waals surface area contributed by atoms with Crippen molar-refractivity contribution in [3.63, 3.8) is 0 Å². The van der Waals surface area contributed by atoms with E-state index in [1.54, 1.807) is 6.08 Å². The predicted octanol–water partition coefficient (Wildman–Crippen LogP) is 1.69. The second kappa shape index (κ2) is 3.92. The standard InChI is InChI=1S/C10H16O3/c1-8(2)5-10(6-13-7-10)4-3-9(11)12/h3-4,8H,5-7H2,1-2H3,(H,11,12)/b4-3+. The van der Waals surface area contributed by atoms with Gasteiger partial charge in [0.25, 0.3) is 0 Å². The summed E-state index contributed by atoms with van der Waals surface area (Å²) >= 11 is 0. The molecule has 0 bridgehead atoms. The van der Waals surface area contributed by atoms with Gasteiger partial charge < -0.3 is 9.84 Å². The Morgan fingerprint density at radius 2 is 2.23 bits per heavy atom. The molecule has 1 rings (SSSR count). The maximum absolute atomic E-state index is 10.3. The lowest BCUT2D eigenvalue weighted by molar-refractivity contribution is -0.131. The van der Waals surface area contributed by atoms with Crippen LogP contribution in [-0.2, 0) is 9.53 Å². The number of hydrogen-bond donors (Lipinski definition) is 1. The van der Waals surface area contributed by atoms with Crippen molar-refractivity contribution in [2.24, 2.45) is 11.3 Å². The van der Waals surface area contributed by atoms with Gasteiger partial charge in [-0.15, -0.1) is 0 Å². The third kappa shape index (κ3) is 2.84. The summed E-state index contributed by atoms with van der Waals surface area (Å²) in [5.74, 6) is -0.308. The molecule has 0 aromatic carbocycles. The highest BCUT2D eigenvalue weighted by molar-refractivity contribution is 5.79. The van der Waals surface area contributed by atoms with Crippen molar-refractivity contribution in [2.75, 3.05) is 13.2 Å². The molecule has 1 aliphatic rings. The molecule has 0 amide bonds. The van der Waals surface area contributed by atoms with Crippen LogP contribution in [-0.4, -0.2) is 24.3 Å². The number of carboxylic acids is 1. The lowest BCUT2D eigenvalue weighted by Crippen LogP contribution is -2.41. The zero-order chi connectivity index (χ0) is 9.90. The van der Waals surface area contributed by atoms with Gasteiger partial charge in [-0.3, -0.25) is 0 Å². The molecule has 0 aliphatic carbocycles. The highest BCUT2D eigenvalue weighted by Gasteiger charge is 2.36. The number of ether oxygens (including phenoxy) is 1. The largest absolute Gasteiger partial charge is 0.478 e. The Labute approximate surface area is 78.4 Å². The van der Waals surface area contributed by atoms with Crippen LogP contribution in [0.1, 0.15) is 20.3 Å². The summed E-state index contributed by atoms with van der Waals surface area (Å²) in [5.41, 5.74) is -0.00738. The Bertz CT molecular complexity index is 214. The van der Waals surface area contributed by atoms with Gasteiger partial charge in [-0.25, -0.2) is 4.79 Å². The van der Waals surface area contributed by atoms with Gasteiger partial charge in [0, 0.05) is 11.5 Å². The molecule has 0 saturated carbocycles. The zero-order valence-electron chi connectivity index (χ0n) is 8.12. The first-order valence-electron chi connectivity index (χ1n) is 4.54. The van der Waals surface area contributed by atoms with Gasteiger partial charge in [-0.2, -0.15) is 0 Å². The molecule has 74 valence electrons. The topological polar surface area (TPSA) is 46.5 Å². The van der Waals surface area contributed by atoms with E-state index in [1.807, 2.05) is 0 Å². The van der Waals surface area contributed by atoms with Gasteiger partial charge in [-0.05, 0) is 12.3 Å². The van der Waals surface area contributed by atoms with Crippen LogP contribution in [0.25, 0.3) is 0 Å². The molecule has 1 heterocycles. The number of carbonyl (C=O) groups is 1. The van der Waals surface area contributed by atoms with Gasteiger partial charge >= 0.3 is 5.97 Å². The van der Waals surface area contributed by atoms with Crippen molar-refractivity contribution < 1.29 is 14.6 Å². The van der Waals surface area contributed by atoms with Crippen LogP contribution in [0.2, 0.25) is 0 Å². The van der Waals surface area contributed by atoms with Crippen molar-refractivity contribution in [1.29, 1.82) is 0 Å². The smallest absolute Gasteiger partial charge is 0.327 e. The van der Waals surface area contributed by atoms with Crippen molar-refractivity contribution in [2.45, 2.75) is 20.3 Å². The maximum Gasteiger partial charge on any atom is 0.327 e. The fourth-order valence-corrected chi connectivity index (χ4v) is 1.71. The summed E-state index contributed by atoms with van der Waals surface area (Å²) in [5, 5.41) is 8.50. The quantitative estimate of drug-likeness (QED) is 0.676. The van der Waals surface area contributed by atoms with E-state index < -0.39 is 5.97 Å². The van der Waals surface area contributed by atoms with Crippen LogP contribution in [0, 0.1) is 11.3 Å². The lowest BCUT2D eigenvalue weighted by atomic mass is 9.78. The van der Waals surface area contributed by atoms with E-state index in [0.717, 1.165) is 6.42 Å². The normalized spacial score (nSPS) is 20.5. The van der Waals surface area contributed by atoms with Crippen LogP contribution in [0.5, 0.6) is 0 Å². The minimum absolute atomic E-state index is 0.00738. The molecule has 0 unspecified atom stereocenters. The van der Waals surface area contributed by atoms with Gasteiger partial charge in [0.2, 0.25) is 0 Å². The van der Waals surface area contributed by atoms with E-state index in [9.17, 15) is 4.79 Å². The van der Waals surface area contributed by atoms with Crippen molar-refractivity contribution in [3.8, 4) is 0 Å². The molecule has 1 N–H and O–H groups in total. The zero-order valence-corrected chi connectivity index (χ0v) is 8.12. The monoisotopic (exact) mass is 184 g/mol. The summed E-state index contributed by atoms with van der Waals surface area (Å²) in [4.78, 5) is 10.3. The number of hydrogen-bond acceptors (Lipinski definition) is 2. The van der Waals surface area contributed by atoms with E-state index in [2.05, 4.69) is 13.8 Å². The summed E-state index contributed by atoms with van der Waals surface area (Å²) in [7, 11) is 0. The number of rotatable bonds is 4. The molecule has 1 saturated heterocycles. The lowest BCUT2D eigenvalue weighted by Gasteiger charge is -2.40. The van der Waals surface area contributed by atoms with Crippen LogP contribution in [0.3, 0.4) is 0 Å². The highest BCUT2D eigenvalue weighted by Crippen LogP contribution is 2.35. The minimum Gasteiger partial charge on any atom is -0.478 e. The first kappa shape index (κ1) is 10.3. The molecule has 0 radical (unpaired) electrons. The fourth-order valence-electron chi connectivity index (χ4n) is 1.71. The second-order valence-corrected chi connectivity index (χ2v) is 4.12. The molecule has 0 aromatic rings. The fraction of sp³-hybridized carbons (Fsp3) is 0.700. The van der Waals surface area contributed by atoms with E-state index in [4.69, 9.17) is 9.84 Å². The third-order valence-electron chi connectivity index (χ3n) is 2.17. The van der Waals surface area contributed by atoms with Gasteiger partial charge in [0.1, 0.15) is 0 Å². The van der Waals surface area contributed by atoms with E-state index >= 15 is 0 Å². The first-order valence-corrected chi connectivity index (χ1v) is 4.54. The number of aliphatic carboxylic acids is 1. The van der Waals surface area contributed by atoms with Crippen LogP contribution < -0.4 is 0 Å². The van der Waals surface area contributed by atoms with Crippen molar-refractivity contribution in [3.05, 3.63) is 12.2 Å². The summed E-state index contributed by atoms with van der Waals surface area (Å²) in [6, 6.07) is 0. The first-order chi connectivity index (χ1) is 6.04. The van der Waals surface area contributed by atoms with Crippen LogP contribution in [0.15, 0.2) is 12.2 Å². The van der Waals surface area contributed by atoms with E-state index in [1.165, 1.54) is 6.08 Å². The van der Waals surface area contributed by atoms with Gasteiger partial charge in [0.15, 0.2) is 0 Å². The Morgan fingerprint density at radius 3 is 2.54 bits per heavy atom. The molecule has 0 spiro atoms. The average molecular weight is 184 g/mol. The number of carboxylic acid groups (broad SMARTS) is 1. The Morgan fingerprint density at radius 1 is 1.62 bits per heavy atom. The van der Waals surface area contributed by atoms with E-state index in [-0.39, 0.29) is 5.41 Å². The Hall–Kier alpha value is -0.830. The molecule has 0 atom stereocenters. The molecule has 0 aromatic heterocycles. The van der Waals surface area contributed by atoms with Crippen molar-refractivity contribution in [1.82, 2.24) is 0 Å². The second-order valence-electron chi connectivity index (χ2n) is 4.12. The average Bonchev–Trinajstić information content (AvgIpc) is 1.93. The van der Waals surface area contributed by atoms with E-state index in [0.29, 0.717) is 19.1 Å². The van der Waals surface area contributed by atoms with Gasteiger partial charge in [0.05, 0.1) is 13.2 Å². The molecule has 3 nitrogen and oxygen atoms in total. The molecule has 1 fully saturated rings. The van der Waals surface area contributed by atoms with Crippen molar-refractivity contribution >= 4 is 5.97 Å². The highest BCUT2D eigenvalue weighted by atomic mass is 16.5. The molecule has 1 aliphatic heterocycles. The van der Waals surface area contributed by atoms with Crippen LogP contribution in [0.4, 0.5) is 0 Å². The van der Waals surface area contributed by atoms with Crippen LogP contribution >= 0.6 is 0 Å². The Kier molecular flexibility index (Phi) is 3.09. The molecule has 3 heteroatoms. The van der Waals surface area contributed by atoms with Gasteiger partial charge in [-0.1, -0.05) is 19.9 Å².